The highest BCUT2D eigenvalue weighted by Crippen LogP contribution is 2.31. The predicted octanol–water partition coefficient (Wildman–Crippen LogP) is 1.99. The van der Waals surface area contributed by atoms with Crippen molar-refractivity contribution in [2.75, 3.05) is 43.5 Å². The molecule has 2 N–H and O–H groups in total. The van der Waals surface area contributed by atoms with E-state index >= 15 is 0 Å². The first-order chi connectivity index (χ1) is 13.9. The molecule has 154 valence electrons. The fourth-order valence-corrected chi connectivity index (χ4v) is 3.72. The number of quaternary nitrogens is 1. The molecule has 0 aromatic heterocycles. The first-order valence-electron chi connectivity index (χ1n) is 9.38. The summed E-state index contributed by atoms with van der Waals surface area (Å²) in [5.74, 6) is 0.526. The maximum Gasteiger partial charge on any atom is 0.294 e. The number of benzene rings is 2. The van der Waals surface area contributed by atoms with Crippen LogP contribution in [0.25, 0.3) is 0 Å². The summed E-state index contributed by atoms with van der Waals surface area (Å²) in [6, 6.07) is 11.7. The molecule has 3 rings (SSSR count). The summed E-state index contributed by atoms with van der Waals surface area (Å²) in [6.45, 7) is 4.51. The lowest BCUT2D eigenvalue weighted by molar-refractivity contribution is -0.914. The number of ether oxygens (including phenoxy) is 1. The van der Waals surface area contributed by atoms with E-state index in [1.165, 1.54) is 6.07 Å². The Balaban J connectivity index is 1.63. The van der Waals surface area contributed by atoms with Crippen molar-refractivity contribution < 1.29 is 19.4 Å². The van der Waals surface area contributed by atoms with Crippen LogP contribution in [0.3, 0.4) is 0 Å². The molecule has 0 aliphatic carbocycles. The minimum atomic E-state index is -0.413. The third-order valence-corrected chi connectivity index (χ3v) is 5.49. The number of nitro benzene ring substituents is 1. The smallest absolute Gasteiger partial charge is 0.294 e. The van der Waals surface area contributed by atoms with Crippen LogP contribution in [0.4, 0.5) is 17.1 Å². The Hall–Kier alpha value is -2.84. The van der Waals surface area contributed by atoms with Gasteiger partial charge < -0.3 is 19.9 Å². The van der Waals surface area contributed by atoms with Gasteiger partial charge in [0.1, 0.15) is 11.4 Å². The molecule has 2 aromatic rings. The van der Waals surface area contributed by atoms with Gasteiger partial charge in [0, 0.05) is 11.1 Å². The Morgan fingerprint density at radius 3 is 2.62 bits per heavy atom. The van der Waals surface area contributed by atoms with Crippen molar-refractivity contribution in [2.45, 2.75) is 13.0 Å². The number of nitro groups is 1. The van der Waals surface area contributed by atoms with Crippen LogP contribution in [-0.4, -0.2) is 50.2 Å². The predicted molar refractivity (Wildman–Crippen MR) is 112 cm³/mol. The molecular weight excluding hydrogens is 396 g/mol. The van der Waals surface area contributed by atoms with Crippen LogP contribution >= 0.6 is 11.6 Å². The molecule has 1 aliphatic heterocycles. The number of rotatable bonds is 6. The van der Waals surface area contributed by atoms with Crippen molar-refractivity contribution in [1.29, 1.82) is 0 Å². The van der Waals surface area contributed by atoms with Gasteiger partial charge in [0.25, 0.3) is 11.6 Å². The molecule has 0 radical (unpaired) electrons. The highest BCUT2D eigenvalue weighted by atomic mass is 35.5. The van der Waals surface area contributed by atoms with Crippen molar-refractivity contribution in [3.05, 3.63) is 57.6 Å². The van der Waals surface area contributed by atoms with Gasteiger partial charge in [0.05, 0.1) is 43.9 Å². The number of piperazine rings is 1. The third kappa shape index (κ3) is 4.78. The lowest BCUT2D eigenvalue weighted by Gasteiger charge is -2.35. The van der Waals surface area contributed by atoms with Crippen molar-refractivity contribution in [2.24, 2.45) is 0 Å². The Morgan fingerprint density at radius 1 is 1.28 bits per heavy atom. The second kappa shape index (κ2) is 9.11. The molecule has 1 aliphatic rings. The van der Waals surface area contributed by atoms with Crippen LogP contribution in [-0.2, 0) is 4.79 Å². The number of methoxy groups -OCH3 is 1. The molecular formula is C20H24ClN4O4+. The molecule has 0 bridgehead atoms. The van der Waals surface area contributed by atoms with Gasteiger partial charge >= 0.3 is 0 Å². The number of nitrogens with zero attached hydrogens (tertiary/aromatic N) is 2. The van der Waals surface area contributed by atoms with Crippen molar-refractivity contribution in [3.8, 4) is 5.75 Å². The summed E-state index contributed by atoms with van der Waals surface area (Å²) in [5, 5.41) is 14.6. The second-order valence-corrected chi connectivity index (χ2v) is 7.38. The van der Waals surface area contributed by atoms with Gasteiger partial charge in [-0.2, -0.15) is 0 Å². The standard InChI is InChI=1S/C20H23ClN4O4/c1-14(20(26)22-16-5-3-4-6-19(16)29-2)23-9-11-24(12-10-23)17-8-7-15(21)13-18(17)25(27)28/h3-8,13-14H,9-12H2,1-2H3,(H,22,26)/p+1/t14-/m1/s1. The van der Waals surface area contributed by atoms with E-state index in [0.717, 1.165) is 4.90 Å². The SMILES string of the molecule is COc1ccccc1NC(=O)[C@@H](C)[NH+]1CCN(c2ccc(Cl)cc2[N+](=O)[O-])CC1. The molecule has 0 saturated carbocycles. The van der Waals surface area contributed by atoms with Gasteiger partial charge in [-0.25, -0.2) is 0 Å². The number of hydrogen-bond acceptors (Lipinski definition) is 5. The number of hydrogen-bond donors (Lipinski definition) is 2. The average Bonchev–Trinajstić information content (AvgIpc) is 2.73. The normalized spacial score (nSPS) is 15.6. The lowest BCUT2D eigenvalue weighted by atomic mass is 10.1. The Morgan fingerprint density at radius 2 is 1.97 bits per heavy atom. The fraction of sp³-hybridized carbons (Fsp3) is 0.350. The first kappa shape index (κ1) is 20.9. The molecule has 8 nitrogen and oxygen atoms in total. The summed E-state index contributed by atoms with van der Waals surface area (Å²) in [4.78, 5) is 26.8. The largest absolute Gasteiger partial charge is 0.495 e. The zero-order chi connectivity index (χ0) is 21.0. The number of para-hydroxylation sites is 2. The molecule has 2 aromatic carbocycles. The summed E-state index contributed by atoms with van der Waals surface area (Å²) in [7, 11) is 1.56. The van der Waals surface area contributed by atoms with Crippen LogP contribution in [0.5, 0.6) is 5.75 Å². The first-order valence-corrected chi connectivity index (χ1v) is 9.76. The highest BCUT2D eigenvalue weighted by Gasteiger charge is 2.31. The van der Waals surface area contributed by atoms with E-state index in [-0.39, 0.29) is 17.6 Å². The molecule has 0 unspecified atom stereocenters. The third-order valence-electron chi connectivity index (χ3n) is 5.25. The van der Waals surface area contributed by atoms with Gasteiger partial charge in [-0.05, 0) is 31.2 Å². The monoisotopic (exact) mass is 419 g/mol. The summed E-state index contributed by atoms with van der Waals surface area (Å²) in [6.07, 6.45) is 0. The van der Waals surface area contributed by atoms with Gasteiger partial charge in [-0.15, -0.1) is 0 Å². The maximum atomic E-state index is 12.7. The number of carbonyl (C=O) groups is 1. The Bertz CT molecular complexity index is 900. The zero-order valence-electron chi connectivity index (χ0n) is 16.4. The Kier molecular flexibility index (Phi) is 6.56. The summed E-state index contributed by atoms with van der Waals surface area (Å²) in [5.41, 5.74) is 1.20. The zero-order valence-corrected chi connectivity index (χ0v) is 17.1. The quantitative estimate of drug-likeness (QED) is 0.552. The topological polar surface area (TPSA) is 89.2 Å². The van der Waals surface area contributed by atoms with Gasteiger partial charge in [-0.1, -0.05) is 23.7 Å². The van der Waals surface area contributed by atoms with Crippen molar-refractivity contribution >= 4 is 34.6 Å². The summed E-state index contributed by atoms with van der Waals surface area (Å²) < 4.78 is 5.28. The maximum absolute atomic E-state index is 12.7. The number of nitrogens with one attached hydrogen (secondary N) is 2. The number of amides is 1. The number of anilines is 2. The minimum Gasteiger partial charge on any atom is -0.495 e. The molecule has 1 saturated heterocycles. The van der Waals surface area contributed by atoms with Gasteiger partial charge in [-0.3, -0.25) is 14.9 Å². The average molecular weight is 420 g/mol. The van der Waals surface area contributed by atoms with Crippen molar-refractivity contribution in [3.63, 3.8) is 0 Å². The van der Waals surface area contributed by atoms with E-state index in [1.807, 2.05) is 24.0 Å². The van der Waals surface area contributed by atoms with E-state index in [9.17, 15) is 14.9 Å². The summed E-state index contributed by atoms with van der Waals surface area (Å²) >= 11 is 5.91. The number of carbonyl (C=O) groups excluding carboxylic acids is 1. The van der Waals surface area contributed by atoms with E-state index in [4.69, 9.17) is 16.3 Å². The van der Waals surface area contributed by atoms with Crippen LogP contribution in [0, 0.1) is 10.1 Å². The lowest BCUT2D eigenvalue weighted by Crippen LogP contribution is -3.19. The molecule has 1 amide bonds. The number of halogens is 1. The van der Waals surface area contributed by atoms with Crippen LogP contribution in [0.1, 0.15) is 6.92 Å². The molecule has 0 spiro atoms. The molecule has 1 heterocycles. The van der Waals surface area contributed by atoms with Crippen LogP contribution < -0.4 is 19.9 Å². The second-order valence-electron chi connectivity index (χ2n) is 6.95. The molecule has 29 heavy (non-hydrogen) atoms. The molecule has 9 heteroatoms. The van der Waals surface area contributed by atoms with E-state index in [0.29, 0.717) is 48.3 Å². The molecule has 1 atom stereocenters. The van der Waals surface area contributed by atoms with Gasteiger partial charge in [0.2, 0.25) is 0 Å². The van der Waals surface area contributed by atoms with E-state index in [1.54, 1.807) is 31.4 Å². The van der Waals surface area contributed by atoms with Crippen molar-refractivity contribution in [1.82, 2.24) is 0 Å². The van der Waals surface area contributed by atoms with Gasteiger partial charge in [0.15, 0.2) is 6.04 Å². The van der Waals surface area contributed by atoms with E-state index < -0.39 is 4.92 Å². The minimum absolute atomic E-state index is 0.00270. The van der Waals surface area contributed by atoms with E-state index in [2.05, 4.69) is 5.32 Å². The van der Waals surface area contributed by atoms with Crippen LogP contribution in [0.15, 0.2) is 42.5 Å². The fourth-order valence-electron chi connectivity index (χ4n) is 3.55. The highest BCUT2D eigenvalue weighted by molar-refractivity contribution is 6.30. The van der Waals surface area contributed by atoms with Crippen LogP contribution in [0.2, 0.25) is 5.02 Å². The Labute approximate surface area is 174 Å². The molecule has 1 fully saturated rings.